The number of likely N-dealkylation sites (N-methyl/N-ethyl adjacent to an activating group) is 1. The van der Waals surface area contributed by atoms with Gasteiger partial charge < -0.3 is 4.90 Å². The van der Waals surface area contributed by atoms with Crippen LogP contribution in [0.2, 0.25) is 0 Å². The number of carbonyl (C=O) groups is 1. The molecule has 6 nitrogen and oxygen atoms in total. The van der Waals surface area contributed by atoms with Crippen molar-refractivity contribution in [3.63, 3.8) is 0 Å². The molecule has 0 aromatic heterocycles. The SMILES string of the molecule is CC(C)C(C)N(C)C(=O)[C@H](C)N=C1NS(=O)(=O)c2ccccc21. The van der Waals surface area contributed by atoms with Crippen LogP contribution in [-0.2, 0) is 14.8 Å². The van der Waals surface area contributed by atoms with Gasteiger partial charge in [0.25, 0.3) is 10.0 Å². The van der Waals surface area contributed by atoms with Crippen molar-refractivity contribution in [2.24, 2.45) is 10.9 Å². The zero-order chi connectivity index (χ0) is 17.4. The average Bonchev–Trinajstić information content (AvgIpc) is 2.76. The van der Waals surface area contributed by atoms with Crippen LogP contribution in [-0.4, -0.2) is 44.2 Å². The summed E-state index contributed by atoms with van der Waals surface area (Å²) in [5.41, 5.74) is 0.506. The number of hydrogen-bond donors (Lipinski definition) is 1. The molecule has 1 aromatic carbocycles. The van der Waals surface area contributed by atoms with Crippen LogP contribution in [0.15, 0.2) is 34.2 Å². The van der Waals surface area contributed by atoms with Crippen LogP contribution in [0.3, 0.4) is 0 Å². The molecule has 0 radical (unpaired) electrons. The van der Waals surface area contributed by atoms with Gasteiger partial charge >= 0.3 is 0 Å². The van der Waals surface area contributed by atoms with Crippen molar-refractivity contribution in [1.82, 2.24) is 9.62 Å². The predicted molar refractivity (Wildman–Crippen MR) is 89.8 cm³/mol. The van der Waals surface area contributed by atoms with Gasteiger partial charge in [-0.25, -0.2) is 8.42 Å². The van der Waals surface area contributed by atoms with E-state index in [-0.39, 0.29) is 22.7 Å². The topological polar surface area (TPSA) is 78.8 Å². The Labute approximate surface area is 137 Å². The van der Waals surface area contributed by atoms with E-state index in [1.54, 1.807) is 37.1 Å². The number of carbonyl (C=O) groups excluding carboxylic acids is 1. The Hall–Kier alpha value is -1.89. The van der Waals surface area contributed by atoms with E-state index in [0.717, 1.165) is 0 Å². The minimum atomic E-state index is -3.58. The zero-order valence-corrected chi connectivity index (χ0v) is 14.9. The minimum Gasteiger partial charge on any atom is -0.341 e. The molecule has 1 N–H and O–H groups in total. The lowest BCUT2D eigenvalue weighted by atomic mass is 10.0. The van der Waals surface area contributed by atoms with Crippen LogP contribution in [0.5, 0.6) is 0 Å². The Kier molecular flexibility index (Phi) is 4.79. The van der Waals surface area contributed by atoms with Gasteiger partial charge in [-0.1, -0.05) is 26.0 Å². The molecule has 0 fully saturated rings. The number of nitrogens with one attached hydrogen (secondary N) is 1. The van der Waals surface area contributed by atoms with Crippen molar-refractivity contribution in [1.29, 1.82) is 0 Å². The van der Waals surface area contributed by atoms with Gasteiger partial charge in [0.05, 0.1) is 4.90 Å². The molecule has 1 unspecified atom stereocenters. The molecule has 1 aliphatic rings. The first-order chi connectivity index (χ1) is 10.6. The number of fused-ring (bicyclic) bond motifs is 1. The minimum absolute atomic E-state index is 0.0812. The molecule has 0 saturated heterocycles. The molecule has 23 heavy (non-hydrogen) atoms. The highest BCUT2D eigenvalue weighted by Gasteiger charge is 2.32. The lowest BCUT2D eigenvalue weighted by Crippen LogP contribution is -2.43. The number of amides is 1. The number of benzene rings is 1. The van der Waals surface area contributed by atoms with Gasteiger partial charge in [-0.3, -0.25) is 14.5 Å². The lowest BCUT2D eigenvalue weighted by Gasteiger charge is -2.29. The van der Waals surface area contributed by atoms with Gasteiger partial charge in [0.15, 0.2) is 0 Å². The van der Waals surface area contributed by atoms with Crippen LogP contribution in [0, 0.1) is 5.92 Å². The summed E-state index contributed by atoms with van der Waals surface area (Å²) in [5.74, 6) is 0.420. The Morgan fingerprint density at radius 3 is 2.39 bits per heavy atom. The summed E-state index contributed by atoms with van der Waals surface area (Å²) >= 11 is 0. The molecule has 0 saturated carbocycles. The third-order valence-electron chi connectivity index (χ3n) is 4.27. The summed E-state index contributed by atoms with van der Waals surface area (Å²) in [6.45, 7) is 7.75. The van der Waals surface area contributed by atoms with Crippen molar-refractivity contribution in [2.75, 3.05) is 7.05 Å². The highest BCUT2D eigenvalue weighted by molar-refractivity contribution is 7.90. The quantitative estimate of drug-likeness (QED) is 0.907. The highest BCUT2D eigenvalue weighted by atomic mass is 32.2. The van der Waals surface area contributed by atoms with E-state index in [2.05, 4.69) is 9.71 Å². The first-order valence-electron chi connectivity index (χ1n) is 7.62. The molecule has 2 rings (SSSR count). The summed E-state index contributed by atoms with van der Waals surface area (Å²) in [7, 11) is -1.84. The van der Waals surface area contributed by atoms with Gasteiger partial charge in [0, 0.05) is 18.7 Å². The molecule has 2 atom stereocenters. The number of sulfonamides is 1. The fourth-order valence-electron chi connectivity index (χ4n) is 2.42. The van der Waals surface area contributed by atoms with Gasteiger partial charge in [0.1, 0.15) is 11.9 Å². The van der Waals surface area contributed by atoms with Crippen molar-refractivity contribution < 1.29 is 13.2 Å². The Bertz CT molecular complexity index is 741. The van der Waals surface area contributed by atoms with Crippen LogP contribution >= 0.6 is 0 Å². The second-order valence-corrected chi connectivity index (χ2v) is 7.84. The van der Waals surface area contributed by atoms with Crippen LogP contribution < -0.4 is 4.72 Å². The molecule has 126 valence electrons. The third kappa shape index (κ3) is 3.39. The second kappa shape index (κ2) is 6.31. The standard InChI is InChI=1S/C16H23N3O3S/c1-10(2)12(4)19(5)16(20)11(3)17-15-13-8-6-7-9-14(13)23(21,22)18-15/h6-12H,1-5H3,(H,17,18)/t11-,12?/m0/s1. The lowest BCUT2D eigenvalue weighted by molar-refractivity contribution is -0.133. The third-order valence-corrected chi connectivity index (χ3v) is 5.66. The van der Waals surface area contributed by atoms with E-state index in [0.29, 0.717) is 11.5 Å². The molecule has 7 heteroatoms. The van der Waals surface area contributed by atoms with Crippen molar-refractivity contribution in [3.05, 3.63) is 29.8 Å². The van der Waals surface area contributed by atoms with Crippen LogP contribution in [0.4, 0.5) is 0 Å². The number of nitrogens with zero attached hydrogens (tertiary/aromatic N) is 2. The summed E-state index contributed by atoms with van der Waals surface area (Å²) in [4.78, 5) is 18.7. The summed E-state index contributed by atoms with van der Waals surface area (Å²) in [6.07, 6.45) is 0. The molecule has 1 heterocycles. The molecule has 0 bridgehead atoms. The first kappa shape index (κ1) is 17.5. The molecule has 1 aliphatic heterocycles. The van der Waals surface area contributed by atoms with Gasteiger partial charge in [-0.05, 0) is 31.9 Å². The molecule has 0 aliphatic carbocycles. The average molecular weight is 337 g/mol. The molecular formula is C16H23N3O3S. The number of rotatable bonds is 4. The predicted octanol–water partition coefficient (Wildman–Crippen LogP) is 1.62. The maximum absolute atomic E-state index is 12.5. The highest BCUT2D eigenvalue weighted by Crippen LogP contribution is 2.22. The largest absolute Gasteiger partial charge is 0.341 e. The molecular weight excluding hydrogens is 314 g/mol. The van der Waals surface area contributed by atoms with Gasteiger partial charge in [-0.15, -0.1) is 0 Å². The van der Waals surface area contributed by atoms with Gasteiger partial charge in [-0.2, -0.15) is 0 Å². The van der Waals surface area contributed by atoms with E-state index in [1.165, 1.54) is 6.07 Å². The monoisotopic (exact) mass is 337 g/mol. The van der Waals surface area contributed by atoms with Crippen LogP contribution in [0.25, 0.3) is 0 Å². The van der Waals surface area contributed by atoms with Crippen molar-refractivity contribution in [2.45, 2.75) is 44.7 Å². The Morgan fingerprint density at radius 2 is 1.78 bits per heavy atom. The van der Waals surface area contributed by atoms with Gasteiger partial charge in [0.2, 0.25) is 5.91 Å². The van der Waals surface area contributed by atoms with Crippen LogP contribution in [0.1, 0.15) is 33.3 Å². The number of hydrogen-bond acceptors (Lipinski definition) is 4. The smallest absolute Gasteiger partial charge is 0.263 e. The van der Waals surface area contributed by atoms with Crippen molar-refractivity contribution >= 4 is 21.8 Å². The molecule has 0 spiro atoms. The van der Waals surface area contributed by atoms with E-state index < -0.39 is 16.1 Å². The number of aliphatic imine (C=N–C) groups is 1. The second-order valence-electron chi connectivity index (χ2n) is 6.19. The normalized spacial score (nSPS) is 20.0. The van der Waals surface area contributed by atoms with E-state index >= 15 is 0 Å². The molecule has 1 aromatic rings. The Morgan fingerprint density at radius 1 is 1.17 bits per heavy atom. The Balaban J connectivity index is 2.28. The maximum Gasteiger partial charge on any atom is 0.263 e. The van der Waals surface area contributed by atoms with E-state index in [4.69, 9.17) is 0 Å². The zero-order valence-electron chi connectivity index (χ0n) is 14.1. The molecule has 1 amide bonds. The fraction of sp³-hybridized carbons (Fsp3) is 0.500. The first-order valence-corrected chi connectivity index (χ1v) is 9.10. The summed E-state index contributed by atoms with van der Waals surface area (Å²) in [5, 5.41) is 0. The summed E-state index contributed by atoms with van der Waals surface area (Å²) in [6, 6.07) is 6.04. The van der Waals surface area contributed by atoms with Crippen molar-refractivity contribution in [3.8, 4) is 0 Å². The van der Waals surface area contributed by atoms with E-state index in [9.17, 15) is 13.2 Å². The summed E-state index contributed by atoms with van der Waals surface area (Å²) < 4.78 is 26.5. The fourth-order valence-corrected chi connectivity index (χ4v) is 3.66. The number of amidine groups is 1. The maximum atomic E-state index is 12.5. The van der Waals surface area contributed by atoms with E-state index in [1.807, 2.05) is 20.8 Å².